The lowest BCUT2D eigenvalue weighted by atomic mass is 9.63. The zero-order valence-electron chi connectivity index (χ0n) is 30.6. The minimum Gasteiger partial charge on any atom is -0.455 e. The Kier molecular flexibility index (Phi) is 9.07. The van der Waals surface area contributed by atoms with Gasteiger partial charge in [-0.25, -0.2) is 15.0 Å². The minimum atomic E-state index is -0.0662. The summed E-state index contributed by atoms with van der Waals surface area (Å²) in [5.74, 6) is 0.814. The van der Waals surface area contributed by atoms with E-state index in [0.717, 1.165) is 0 Å². The van der Waals surface area contributed by atoms with Gasteiger partial charge in [-0.15, -0.1) is 32.8 Å². The van der Waals surface area contributed by atoms with Crippen LogP contribution in [0.1, 0.15) is 0 Å². The molecule has 0 fully saturated rings. The Balaban J connectivity index is 1.51. The lowest BCUT2D eigenvalue weighted by Gasteiger charge is -2.22. The lowest BCUT2D eigenvalue weighted by molar-refractivity contribution is 0.670. The van der Waals surface area contributed by atoms with E-state index in [1.165, 1.54) is 4.57 Å². The molecule has 9 aromatic rings. The van der Waals surface area contributed by atoms with E-state index in [1.807, 2.05) is 60.7 Å². The number of rotatable bonds is 4. The van der Waals surface area contributed by atoms with Gasteiger partial charge in [-0.1, -0.05) is 104 Å². The molecule has 234 valence electrons. The van der Waals surface area contributed by atoms with Crippen LogP contribution in [0.2, 0.25) is 0 Å². The van der Waals surface area contributed by atoms with Crippen molar-refractivity contribution >= 4 is 230 Å². The summed E-state index contributed by atoms with van der Waals surface area (Å²) in [4.78, 5) is 14.6. The van der Waals surface area contributed by atoms with Crippen LogP contribution in [0, 0.1) is 0 Å². The van der Waals surface area contributed by atoms with E-state index in [1.54, 1.807) is 0 Å². The summed E-state index contributed by atoms with van der Waals surface area (Å²) in [6.45, 7) is 0. The van der Waals surface area contributed by atoms with Crippen LogP contribution in [0.5, 0.6) is 0 Å². The molecule has 0 aliphatic rings. The van der Waals surface area contributed by atoms with Gasteiger partial charge in [0.2, 0.25) is 0 Å². The number of nitrogens with zero attached hydrogens (tertiary/aromatic N) is 4. The fourth-order valence-electron chi connectivity index (χ4n) is 7.66. The maximum Gasteiger partial charge on any atom is 0.164 e. The summed E-state index contributed by atoms with van der Waals surface area (Å²) in [5, 5.41) is 1.000. The third-order valence-electron chi connectivity index (χ3n) is 10.7. The quantitative estimate of drug-likeness (QED) is 0.172. The van der Waals surface area contributed by atoms with Gasteiger partial charge in [0.05, 0.1) is 5.69 Å². The first-order valence-corrected chi connectivity index (χ1v) is 17.5. The molecule has 6 aromatic carbocycles. The molecular weight excluding hydrogens is 692 g/mol. The van der Waals surface area contributed by atoms with Crippen molar-refractivity contribution in [2.75, 3.05) is 0 Å². The van der Waals surface area contributed by atoms with E-state index < -0.39 is 0 Å². The highest BCUT2D eigenvalue weighted by molar-refractivity contribution is 6.72. The molecule has 9 rings (SSSR count). The number of fused-ring (bicyclic) bond motifs is 6. The van der Waals surface area contributed by atoms with Crippen molar-refractivity contribution in [3.05, 3.63) is 60.7 Å². The lowest BCUT2D eigenvalue weighted by Crippen LogP contribution is -2.49. The highest BCUT2D eigenvalue weighted by atomic mass is 16.3. The zero-order valence-corrected chi connectivity index (χ0v) is 30.6. The van der Waals surface area contributed by atoms with Gasteiger partial charge in [-0.2, -0.15) is 0 Å². The zero-order chi connectivity index (χ0) is 41.2. The van der Waals surface area contributed by atoms with Crippen LogP contribution in [-0.2, 0) is 0 Å². The van der Waals surface area contributed by atoms with Crippen LogP contribution in [0.4, 0.5) is 0 Å². The molecule has 3 aromatic heterocycles. The van der Waals surface area contributed by atoms with Gasteiger partial charge < -0.3 is 8.98 Å². The number of aromatic nitrogens is 4. The molecule has 0 atom stereocenters. The molecule has 0 saturated heterocycles. The summed E-state index contributed by atoms with van der Waals surface area (Å²) in [5.41, 5.74) is 2.09. The summed E-state index contributed by atoms with van der Waals surface area (Å²) in [6, 6.07) is 18.7. The van der Waals surface area contributed by atoms with Crippen molar-refractivity contribution in [3.63, 3.8) is 0 Å². The van der Waals surface area contributed by atoms with Gasteiger partial charge in [0.1, 0.15) is 115 Å². The van der Waals surface area contributed by atoms with Crippen molar-refractivity contribution in [1.82, 2.24) is 19.5 Å². The van der Waals surface area contributed by atoms with Crippen LogP contribution in [0.25, 0.3) is 83.6 Å². The Morgan fingerprint density at radius 2 is 0.741 bits per heavy atom. The maximum atomic E-state index is 6.92. The van der Waals surface area contributed by atoms with E-state index >= 15 is 0 Å². The predicted molar refractivity (Wildman–Crippen MR) is 253 cm³/mol. The first-order chi connectivity index (χ1) is 27.6. The van der Waals surface area contributed by atoms with Gasteiger partial charge in [0.25, 0.3) is 0 Å². The number of furan rings is 1. The second kappa shape index (κ2) is 13.7. The maximum absolute atomic E-state index is 6.92. The third kappa shape index (κ3) is 5.27. The molecule has 5 nitrogen and oxygen atoms in total. The summed E-state index contributed by atoms with van der Waals surface area (Å²) in [6.07, 6.45) is 0. The number of hydrogen-bond acceptors (Lipinski definition) is 4. The number of benzene rings is 6. The van der Waals surface area contributed by atoms with E-state index in [9.17, 15) is 0 Å². The second-order valence-corrected chi connectivity index (χ2v) is 13.8. The van der Waals surface area contributed by atoms with Crippen LogP contribution < -0.4 is 76.5 Å². The van der Waals surface area contributed by atoms with Crippen LogP contribution in [0.3, 0.4) is 0 Å². The molecule has 19 heteroatoms. The molecule has 0 saturated carbocycles. The molecule has 28 radical (unpaired) electrons. The topological polar surface area (TPSA) is 56.7 Å². The smallest absolute Gasteiger partial charge is 0.164 e. The molecular formula is C39H10B14N4O. The van der Waals surface area contributed by atoms with E-state index in [4.69, 9.17) is 129 Å². The van der Waals surface area contributed by atoms with Gasteiger partial charge in [0, 0.05) is 38.5 Å². The highest BCUT2D eigenvalue weighted by Crippen LogP contribution is 2.37. The van der Waals surface area contributed by atoms with Gasteiger partial charge in [-0.3, -0.25) is 0 Å². The Labute approximate surface area is 352 Å². The minimum absolute atomic E-state index is 0.00144. The molecule has 0 spiro atoms. The predicted octanol–water partition coefficient (Wildman–Crippen LogP) is -7.02. The van der Waals surface area contributed by atoms with Crippen molar-refractivity contribution in [2.45, 2.75) is 0 Å². The Hall–Kier alpha value is -5.16. The monoisotopic (exact) mass is 704 g/mol. The van der Waals surface area contributed by atoms with Crippen molar-refractivity contribution < 1.29 is 4.42 Å². The van der Waals surface area contributed by atoms with Crippen LogP contribution in [-0.4, -0.2) is 129 Å². The molecule has 0 N–H and O–H groups in total. The molecule has 0 unspecified atom stereocenters. The van der Waals surface area contributed by atoms with Gasteiger partial charge in [-0.05, 0) is 10.8 Å². The molecule has 0 bridgehead atoms. The fourth-order valence-corrected chi connectivity index (χ4v) is 7.66. The van der Waals surface area contributed by atoms with E-state index in [-0.39, 0.29) is 137 Å². The summed E-state index contributed by atoms with van der Waals surface area (Å²) >= 11 is 0. The van der Waals surface area contributed by atoms with Crippen molar-refractivity contribution in [3.8, 4) is 39.9 Å². The van der Waals surface area contributed by atoms with Gasteiger partial charge in [0.15, 0.2) is 23.1 Å². The first-order valence-electron chi connectivity index (χ1n) is 17.5. The second-order valence-electron chi connectivity index (χ2n) is 13.8. The average molecular weight is 702 g/mol. The fraction of sp³-hybridized carbons (Fsp3) is 0. The van der Waals surface area contributed by atoms with Crippen molar-refractivity contribution in [2.24, 2.45) is 0 Å². The Morgan fingerprint density at radius 3 is 1.22 bits per heavy atom. The molecule has 0 aliphatic carbocycles. The summed E-state index contributed by atoms with van der Waals surface area (Å²) < 4.78 is 8.24. The first kappa shape index (κ1) is 38.4. The standard InChI is InChI=1S/C39H10B14N4O/c40-18-14-15-19(41)23(45)27(49)29(51)33(15)57(32(14)28(50)26(48)22(18)44)34-30(52)24(46)20(42)16-13-17(21(43)25(47)31(53)35(13)58-36(16)34)39-55-37(11-7-3-1-4-8-11)54-38(56-39)12-9-5-2-6-10-12/h1-10H. The molecule has 3 heterocycles. The van der Waals surface area contributed by atoms with Gasteiger partial charge >= 0.3 is 0 Å². The van der Waals surface area contributed by atoms with E-state index in [2.05, 4.69) is 0 Å². The Bertz CT molecular complexity index is 3140. The Morgan fingerprint density at radius 1 is 0.345 bits per heavy atom. The van der Waals surface area contributed by atoms with Crippen LogP contribution in [0.15, 0.2) is 65.1 Å². The van der Waals surface area contributed by atoms with E-state index in [0.29, 0.717) is 22.8 Å². The molecule has 0 aliphatic heterocycles. The molecule has 58 heavy (non-hydrogen) atoms. The third-order valence-corrected chi connectivity index (χ3v) is 10.7. The molecule has 0 amide bonds. The average Bonchev–Trinajstić information content (AvgIpc) is 3.80. The number of hydrogen-bond donors (Lipinski definition) is 0. The normalized spacial score (nSPS) is 11.7. The largest absolute Gasteiger partial charge is 0.455 e. The SMILES string of the molecule is [B]c1c([B])c(-c2nc(-c3ccccc3)nc(-c3ccccc3)n2)c2c(oc3c(-n4c5c([B])c([B])c([B])c([B])c5c5c([B])c([B])c([B])c([B])c54)c([B])c([B])c([B])c32)c1[B]. The van der Waals surface area contributed by atoms with Crippen LogP contribution >= 0.6 is 0 Å². The highest BCUT2D eigenvalue weighted by Gasteiger charge is 2.29. The summed E-state index contributed by atoms with van der Waals surface area (Å²) in [7, 11) is 93.3. The van der Waals surface area contributed by atoms with Crippen molar-refractivity contribution in [1.29, 1.82) is 0 Å².